The summed E-state index contributed by atoms with van der Waals surface area (Å²) in [5.41, 5.74) is -4.09. The summed E-state index contributed by atoms with van der Waals surface area (Å²) in [7, 11) is 0. The molecule has 0 radical (unpaired) electrons. The van der Waals surface area contributed by atoms with Crippen molar-refractivity contribution in [3.05, 3.63) is 23.8 Å². The van der Waals surface area contributed by atoms with Gasteiger partial charge in [0.25, 0.3) is 0 Å². The Hall–Kier alpha value is -2.72. The number of rotatable bonds is 2. The second kappa shape index (κ2) is 7.47. The quantitative estimate of drug-likeness (QED) is 0.321. The molecule has 1 spiro atoms. The fourth-order valence-electron chi connectivity index (χ4n) is 9.33. The third-order valence-corrected chi connectivity index (χ3v) is 10.8. The smallest absolute Gasteiger partial charge is 0.339 e. The maximum Gasteiger partial charge on any atom is 0.339 e. The Labute approximate surface area is 220 Å². The number of carbonyl (C=O) groups excluding carboxylic acids is 4. The van der Waals surface area contributed by atoms with Crippen molar-refractivity contribution in [1.82, 2.24) is 0 Å². The van der Waals surface area contributed by atoms with E-state index in [1.807, 2.05) is 33.8 Å². The first kappa shape index (κ1) is 25.6. The van der Waals surface area contributed by atoms with Crippen LogP contribution in [0.1, 0.15) is 60.8 Å². The van der Waals surface area contributed by atoms with Gasteiger partial charge in [-0.15, -0.1) is 0 Å². The van der Waals surface area contributed by atoms with E-state index in [1.165, 1.54) is 19.1 Å². The van der Waals surface area contributed by atoms with Crippen molar-refractivity contribution in [2.45, 2.75) is 96.6 Å². The monoisotopic (exact) mass is 530 g/mol. The molecule has 2 saturated heterocycles. The van der Waals surface area contributed by atoms with Crippen molar-refractivity contribution in [2.24, 2.45) is 28.1 Å². The first-order valence-corrected chi connectivity index (χ1v) is 13.2. The van der Waals surface area contributed by atoms with Crippen molar-refractivity contribution in [2.75, 3.05) is 0 Å². The maximum absolute atomic E-state index is 13.3. The number of epoxide rings is 1. The lowest BCUT2D eigenvalue weighted by atomic mass is 9.37. The van der Waals surface area contributed by atoms with Crippen LogP contribution in [0.5, 0.6) is 0 Å². The summed E-state index contributed by atoms with van der Waals surface area (Å²) in [6.07, 6.45) is 2.06. The summed E-state index contributed by atoms with van der Waals surface area (Å²) < 4.78 is 29.1. The highest BCUT2D eigenvalue weighted by atomic mass is 16.7. The molecule has 206 valence electrons. The number of hydrogen-bond acceptors (Lipinski definition) is 10. The highest BCUT2D eigenvalue weighted by Crippen LogP contribution is 2.78. The molecule has 10 atom stereocenters. The van der Waals surface area contributed by atoms with Crippen LogP contribution in [0.3, 0.4) is 0 Å². The molecule has 38 heavy (non-hydrogen) atoms. The molecule has 4 fully saturated rings. The molecule has 6 aliphatic rings. The van der Waals surface area contributed by atoms with Crippen LogP contribution in [-0.2, 0) is 42.9 Å². The number of fused-ring (bicyclic) bond motifs is 3. The average Bonchev–Trinajstić information content (AvgIpc) is 3.51. The molecule has 0 aromatic carbocycles. The molecule has 0 aromatic rings. The first-order chi connectivity index (χ1) is 17.6. The van der Waals surface area contributed by atoms with Gasteiger partial charge in [-0.05, 0) is 44.4 Å². The molecule has 0 aromatic heterocycles. The minimum atomic E-state index is -1.53. The maximum atomic E-state index is 13.3. The van der Waals surface area contributed by atoms with Crippen LogP contribution >= 0.6 is 0 Å². The van der Waals surface area contributed by atoms with E-state index in [1.54, 1.807) is 0 Å². The van der Waals surface area contributed by atoms with Crippen LogP contribution in [0.25, 0.3) is 0 Å². The van der Waals surface area contributed by atoms with E-state index >= 15 is 0 Å². The van der Waals surface area contributed by atoms with Crippen LogP contribution in [0, 0.1) is 28.1 Å². The molecule has 0 bridgehead atoms. The van der Waals surface area contributed by atoms with Gasteiger partial charge in [-0.1, -0.05) is 26.8 Å². The molecule has 2 saturated carbocycles. The van der Waals surface area contributed by atoms with Crippen molar-refractivity contribution in [3.8, 4) is 0 Å². The van der Waals surface area contributed by atoms with Gasteiger partial charge in [0.1, 0.15) is 23.4 Å². The lowest BCUT2D eigenvalue weighted by Gasteiger charge is -2.67. The summed E-state index contributed by atoms with van der Waals surface area (Å²) in [6, 6.07) is 0. The van der Waals surface area contributed by atoms with Crippen molar-refractivity contribution >= 4 is 23.9 Å². The zero-order chi connectivity index (χ0) is 27.6. The average molecular weight is 531 g/mol. The third-order valence-electron chi connectivity index (χ3n) is 10.8. The normalized spacial score (nSPS) is 50.1. The number of hydrogen-bond donors (Lipinski definition) is 1. The van der Waals surface area contributed by atoms with E-state index < -0.39 is 75.9 Å². The van der Waals surface area contributed by atoms with Crippen molar-refractivity contribution < 1.29 is 48.0 Å². The number of aliphatic hydroxyl groups is 1. The topological polar surface area (TPSA) is 138 Å². The second-order valence-corrected chi connectivity index (χ2v) is 12.9. The molecular weight excluding hydrogens is 496 g/mol. The number of ether oxygens (including phenoxy) is 5. The molecule has 4 aliphatic heterocycles. The zero-order valence-corrected chi connectivity index (χ0v) is 22.4. The standard InChI is InChI=1S/C28H34O10/c1-13(29)34-17-12-16-24(2,3)37-18(30)8-9-25(16,4)15-7-10-26(5)20(14-11-19(31)35-22(14)32)36-23(33)21-28(26,38-21)27(15,17)6/h8-9,11,15-17,20-22,32H,7,10,12H2,1-6H3/t15-,16+,17-,20+,21-,22-,25-,26+,27+,28-/m1/s1. The minimum Gasteiger partial charge on any atom is -0.462 e. The largest absolute Gasteiger partial charge is 0.462 e. The lowest BCUT2D eigenvalue weighted by Crippen LogP contribution is -2.74. The molecule has 1 N–H and O–H groups in total. The highest BCUT2D eigenvalue weighted by molar-refractivity contribution is 5.87. The fourth-order valence-corrected chi connectivity index (χ4v) is 9.33. The van der Waals surface area contributed by atoms with Gasteiger partial charge < -0.3 is 28.8 Å². The van der Waals surface area contributed by atoms with Gasteiger partial charge >= 0.3 is 23.9 Å². The molecule has 10 heteroatoms. The Balaban J connectivity index is 1.54. The molecule has 2 aliphatic carbocycles. The highest BCUT2D eigenvalue weighted by Gasteiger charge is 2.88. The Morgan fingerprint density at radius 2 is 1.74 bits per heavy atom. The van der Waals surface area contributed by atoms with E-state index in [0.29, 0.717) is 19.3 Å². The molecule has 0 amide bonds. The van der Waals surface area contributed by atoms with Crippen LogP contribution in [0.4, 0.5) is 0 Å². The van der Waals surface area contributed by atoms with Gasteiger partial charge in [-0.2, -0.15) is 0 Å². The number of cyclic esters (lactones) is 3. The summed E-state index contributed by atoms with van der Waals surface area (Å²) in [6.45, 7) is 11.2. The van der Waals surface area contributed by atoms with Crippen LogP contribution in [-0.4, -0.2) is 64.8 Å². The predicted octanol–water partition coefficient (Wildman–Crippen LogP) is 2.12. The SMILES string of the molecule is CC(=O)O[C@@H]1C[C@H]2C(C)(C)OC(=O)C=C[C@]2(C)[C@H]2CC[C@@]3(C)[C@H](C4=CC(=O)O[C@H]4O)OC(=O)[C@H]4O[C@]43[C@@]21C. The zero-order valence-electron chi connectivity index (χ0n) is 22.4. The summed E-state index contributed by atoms with van der Waals surface area (Å²) in [5, 5.41) is 10.5. The first-order valence-electron chi connectivity index (χ1n) is 13.2. The number of allylic oxidation sites excluding steroid dienone is 1. The van der Waals surface area contributed by atoms with Crippen LogP contribution in [0.2, 0.25) is 0 Å². The molecular formula is C28H34O10. The van der Waals surface area contributed by atoms with E-state index in [4.69, 9.17) is 23.7 Å². The number of carbonyl (C=O) groups is 4. The molecule has 0 unspecified atom stereocenters. The van der Waals surface area contributed by atoms with Gasteiger partial charge in [0, 0.05) is 41.4 Å². The van der Waals surface area contributed by atoms with Crippen molar-refractivity contribution in [1.29, 1.82) is 0 Å². The van der Waals surface area contributed by atoms with E-state index in [0.717, 1.165) is 0 Å². The van der Waals surface area contributed by atoms with Gasteiger partial charge in [-0.25, -0.2) is 14.4 Å². The Bertz CT molecular complexity index is 1220. The fraction of sp³-hybridized carbons (Fsp3) is 0.714. The second-order valence-electron chi connectivity index (χ2n) is 12.9. The van der Waals surface area contributed by atoms with Gasteiger partial charge in [-0.3, -0.25) is 4.79 Å². The minimum absolute atomic E-state index is 0.173. The third kappa shape index (κ3) is 2.90. The van der Waals surface area contributed by atoms with E-state index in [9.17, 15) is 24.3 Å². The molecule has 6 rings (SSSR count). The van der Waals surface area contributed by atoms with E-state index in [2.05, 4.69) is 6.92 Å². The van der Waals surface area contributed by atoms with Gasteiger partial charge in [0.2, 0.25) is 6.29 Å². The predicted molar refractivity (Wildman–Crippen MR) is 128 cm³/mol. The van der Waals surface area contributed by atoms with Crippen molar-refractivity contribution in [3.63, 3.8) is 0 Å². The van der Waals surface area contributed by atoms with Gasteiger partial charge in [0.05, 0.1) is 0 Å². The number of aliphatic hydroxyl groups excluding tert-OH is 1. The Morgan fingerprint density at radius 1 is 1.03 bits per heavy atom. The van der Waals surface area contributed by atoms with E-state index in [-0.39, 0.29) is 17.4 Å². The Kier molecular flexibility index (Phi) is 5.02. The number of esters is 4. The summed E-state index contributed by atoms with van der Waals surface area (Å²) >= 11 is 0. The summed E-state index contributed by atoms with van der Waals surface area (Å²) in [5.74, 6) is -2.54. The van der Waals surface area contributed by atoms with Gasteiger partial charge in [0.15, 0.2) is 6.10 Å². The molecule has 4 heterocycles. The Morgan fingerprint density at radius 3 is 2.37 bits per heavy atom. The summed E-state index contributed by atoms with van der Waals surface area (Å²) in [4.78, 5) is 50.4. The van der Waals surface area contributed by atoms with Crippen LogP contribution in [0.15, 0.2) is 23.8 Å². The van der Waals surface area contributed by atoms with Crippen LogP contribution < -0.4 is 0 Å². The lowest BCUT2D eigenvalue weighted by molar-refractivity contribution is -0.254. The molecule has 10 nitrogen and oxygen atoms in total.